The highest BCUT2D eigenvalue weighted by Gasteiger charge is 2.37. The lowest BCUT2D eigenvalue weighted by atomic mass is 10.1. The molecule has 0 saturated carbocycles. The smallest absolute Gasteiger partial charge is 0.377 e. The van der Waals surface area contributed by atoms with E-state index in [1.165, 1.54) is 6.07 Å². The number of rotatable bonds is 4. The maximum atomic E-state index is 12.9. The van der Waals surface area contributed by atoms with Crippen molar-refractivity contribution in [2.24, 2.45) is 0 Å². The van der Waals surface area contributed by atoms with Crippen molar-refractivity contribution in [2.45, 2.75) is 43.0 Å². The second-order valence-electron chi connectivity index (χ2n) is 4.96. The van der Waals surface area contributed by atoms with E-state index in [0.717, 1.165) is 24.6 Å². The Kier molecular flexibility index (Phi) is 4.60. The number of ether oxygens (including phenoxy) is 1. The van der Waals surface area contributed by atoms with E-state index in [-0.39, 0.29) is 6.10 Å². The third kappa shape index (κ3) is 3.75. The van der Waals surface area contributed by atoms with Crippen LogP contribution in [0.15, 0.2) is 29.2 Å². The van der Waals surface area contributed by atoms with Gasteiger partial charge >= 0.3 is 6.18 Å². The van der Waals surface area contributed by atoms with Crippen molar-refractivity contribution in [1.82, 2.24) is 4.72 Å². The van der Waals surface area contributed by atoms with Crippen molar-refractivity contribution in [3.63, 3.8) is 0 Å². The van der Waals surface area contributed by atoms with Crippen LogP contribution in [0.5, 0.6) is 0 Å². The molecule has 2 atom stereocenters. The standard InChI is InChI=1S/C13H16F3NO3S/c1-9(11-6-4-8-20-11)17-21(18,19)12-7-3-2-5-10(12)13(14,15)16/h2-3,5,7,9,11,17H,4,6,8H2,1H3/t9-,11-/m0/s1. The largest absolute Gasteiger partial charge is 0.417 e. The van der Waals surface area contributed by atoms with Gasteiger partial charge in [-0.05, 0) is 31.9 Å². The van der Waals surface area contributed by atoms with Crippen molar-refractivity contribution in [3.8, 4) is 0 Å². The van der Waals surface area contributed by atoms with Crippen LogP contribution < -0.4 is 4.72 Å². The molecule has 0 spiro atoms. The number of sulfonamides is 1. The number of halogens is 3. The van der Waals surface area contributed by atoms with Gasteiger partial charge in [-0.25, -0.2) is 13.1 Å². The summed E-state index contributed by atoms with van der Waals surface area (Å²) in [5.41, 5.74) is -1.17. The first-order valence-corrected chi connectivity index (χ1v) is 8.00. The number of alkyl halides is 3. The van der Waals surface area contributed by atoms with Crippen LogP contribution in [0.1, 0.15) is 25.3 Å². The molecule has 0 radical (unpaired) electrons. The van der Waals surface area contributed by atoms with E-state index in [9.17, 15) is 21.6 Å². The molecule has 1 aromatic carbocycles. The number of benzene rings is 1. The lowest BCUT2D eigenvalue weighted by Crippen LogP contribution is -2.41. The molecule has 2 rings (SSSR count). The van der Waals surface area contributed by atoms with Gasteiger partial charge in [-0.2, -0.15) is 13.2 Å². The topological polar surface area (TPSA) is 55.4 Å². The molecule has 1 heterocycles. The van der Waals surface area contributed by atoms with E-state index in [1.54, 1.807) is 6.92 Å². The summed E-state index contributed by atoms with van der Waals surface area (Å²) in [6.07, 6.45) is -3.53. The monoisotopic (exact) mass is 323 g/mol. The molecular formula is C13H16F3NO3S. The predicted octanol–water partition coefficient (Wildman–Crippen LogP) is 2.55. The van der Waals surface area contributed by atoms with Crippen LogP contribution in [0.25, 0.3) is 0 Å². The summed E-state index contributed by atoms with van der Waals surface area (Å²) in [6.45, 7) is 2.12. The minimum absolute atomic E-state index is 0.308. The van der Waals surface area contributed by atoms with Gasteiger partial charge in [-0.3, -0.25) is 0 Å². The Hall–Kier alpha value is -1.12. The Balaban J connectivity index is 2.27. The zero-order chi connectivity index (χ0) is 15.7. The second kappa shape index (κ2) is 5.94. The fraction of sp³-hybridized carbons (Fsp3) is 0.538. The quantitative estimate of drug-likeness (QED) is 0.926. The molecule has 1 N–H and O–H groups in total. The molecule has 21 heavy (non-hydrogen) atoms. The zero-order valence-electron chi connectivity index (χ0n) is 11.4. The fourth-order valence-corrected chi connectivity index (χ4v) is 3.82. The maximum Gasteiger partial charge on any atom is 0.417 e. The summed E-state index contributed by atoms with van der Waals surface area (Å²) < 4.78 is 70.7. The van der Waals surface area contributed by atoms with Crippen LogP contribution in [-0.4, -0.2) is 27.2 Å². The van der Waals surface area contributed by atoms with Crippen molar-refractivity contribution >= 4 is 10.0 Å². The summed E-state index contributed by atoms with van der Waals surface area (Å²) in [5.74, 6) is 0. The number of hydrogen-bond donors (Lipinski definition) is 1. The molecule has 0 aromatic heterocycles. The van der Waals surface area contributed by atoms with E-state index in [4.69, 9.17) is 4.74 Å². The Morgan fingerprint density at radius 2 is 2.00 bits per heavy atom. The Bertz CT molecular complexity index is 595. The summed E-state index contributed by atoms with van der Waals surface area (Å²) in [5, 5.41) is 0. The van der Waals surface area contributed by atoms with Crippen LogP contribution >= 0.6 is 0 Å². The average Bonchev–Trinajstić information content (AvgIpc) is 2.91. The molecule has 0 amide bonds. The molecule has 0 aliphatic carbocycles. The van der Waals surface area contributed by atoms with Gasteiger partial charge in [0.05, 0.1) is 16.6 Å². The molecule has 118 valence electrons. The van der Waals surface area contributed by atoms with E-state index >= 15 is 0 Å². The fourth-order valence-electron chi connectivity index (χ4n) is 2.32. The third-order valence-electron chi connectivity index (χ3n) is 3.35. The zero-order valence-corrected chi connectivity index (χ0v) is 12.2. The lowest BCUT2D eigenvalue weighted by molar-refractivity contribution is -0.139. The molecule has 1 aromatic rings. The van der Waals surface area contributed by atoms with Gasteiger partial charge in [0.25, 0.3) is 0 Å². The van der Waals surface area contributed by atoms with Gasteiger partial charge in [0.1, 0.15) is 0 Å². The summed E-state index contributed by atoms with van der Waals surface area (Å²) in [7, 11) is -4.26. The third-order valence-corrected chi connectivity index (χ3v) is 4.96. The summed E-state index contributed by atoms with van der Waals surface area (Å²) in [4.78, 5) is -0.762. The van der Waals surface area contributed by atoms with Crippen molar-refractivity contribution in [2.75, 3.05) is 6.61 Å². The highest BCUT2D eigenvalue weighted by Crippen LogP contribution is 2.34. The molecule has 1 saturated heterocycles. The SMILES string of the molecule is C[C@H](NS(=O)(=O)c1ccccc1C(F)(F)F)[C@@H]1CCCO1. The van der Waals surface area contributed by atoms with Crippen molar-refractivity contribution in [3.05, 3.63) is 29.8 Å². The molecular weight excluding hydrogens is 307 g/mol. The molecule has 0 bridgehead atoms. The summed E-state index contributed by atoms with van der Waals surface area (Å²) in [6, 6.07) is 3.55. The van der Waals surface area contributed by atoms with Gasteiger partial charge in [0, 0.05) is 12.6 Å². The highest BCUT2D eigenvalue weighted by molar-refractivity contribution is 7.89. The first-order valence-electron chi connectivity index (χ1n) is 6.52. The Morgan fingerprint density at radius 3 is 2.57 bits per heavy atom. The number of hydrogen-bond acceptors (Lipinski definition) is 3. The van der Waals surface area contributed by atoms with Crippen LogP contribution in [0, 0.1) is 0 Å². The lowest BCUT2D eigenvalue weighted by Gasteiger charge is -2.21. The van der Waals surface area contributed by atoms with Gasteiger partial charge in [0.15, 0.2) is 0 Å². The van der Waals surface area contributed by atoms with Crippen molar-refractivity contribution < 1.29 is 26.3 Å². The predicted molar refractivity (Wildman–Crippen MR) is 70.2 cm³/mol. The van der Waals surface area contributed by atoms with Gasteiger partial charge in [-0.15, -0.1) is 0 Å². The number of nitrogens with one attached hydrogen (secondary N) is 1. The molecule has 8 heteroatoms. The van der Waals surface area contributed by atoms with Gasteiger partial charge in [-0.1, -0.05) is 12.1 Å². The second-order valence-corrected chi connectivity index (χ2v) is 6.64. The van der Waals surface area contributed by atoms with Crippen LogP contribution in [0.3, 0.4) is 0 Å². The minimum Gasteiger partial charge on any atom is -0.377 e. The molecule has 1 aliphatic heterocycles. The Labute approximate surface area is 121 Å². The maximum absolute atomic E-state index is 12.9. The molecule has 4 nitrogen and oxygen atoms in total. The van der Waals surface area contributed by atoms with E-state index in [2.05, 4.69) is 4.72 Å². The normalized spacial score (nSPS) is 21.4. The van der Waals surface area contributed by atoms with Gasteiger partial charge in [0.2, 0.25) is 10.0 Å². The van der Waals surface area contributed by atoms with E-state index in [1.807, 2.05) is 0 Å². The highest BCUT2D eigenvalue weighted by atomic mass is 32.2. The van der Waals surface area contributed by atoms with E-state index in [0.29, 0.717) is 13.0 Å². The van der Waals surface area contributed by atoms with Crippen LogP contribution in [0.4, 0.5) is 13.2 Å². The van der Waals surface area contributed by atoms with Crippen LogP contribution in [-0.2, 0) is 20.9 Å². The van der Waals surface area contributed by atoms with E-state index < -0.39 is 32.7 Å². The molecule has 1 fully saturated rings. The minimum atomic E-state index is -4.72. The summed E-state index contributed by atoms with van der Waals surface area (Å²) >= 11 is 0. The Morgan fingerprint density at radius 1 is 1.33 bits per heavy atom. The molecule has 1 aliphatic rings. The first-order chi connectivity index (χ1) is 9.72. The van der Waals surface area contributed by atoms with Crippen molar-refractivity contribution in [1.29, 1.82) is 0 Å². The van der Waals surface area contributed by atoms with Gasteiger partial charge < -0.3 is 4.74 Å². The average molecular weight is 323 g/mol. The first kappa shape index (κ1) is 16.3. The van der Waals surface area contributed by atoms with Crippen LogP contribution in [0.2, 0.25) is 0 Å². The molecule has 0 unspecified atom stereocenters.